The Morgan fingerprint density at radius 3 is 1.80 bits per heavy atom. The fourth-order valence-corrected chi connectivity index (χ4v) is 2.19. The van der Waals surface area contributed by atoms with Crippen molar-refractivity contribution in [2.45, 2.75) is 13.8 Å². The number of allylic oxidation sites excluding steroid dienone is 2. The molecule has 3 rings (SSSR count). The number of rotatable bonds is 3. The predicted octanol–water partition coefficient (Wildman–Crippen LogP) is 2.37. The molecule has 0 spiro atoms. The largest absolute Gasteiger partial charge is 0.512 e. The van der Waals surface area contributed by atoms with Gasteiger partial charge in [-0.3, -0.25) is 4.79 Å². The molecule has 1 aliphatic heterocycles. The Morgan fingerprint density at radius 1 is 1.04 bits per heavy atom. The fraction of sp³-hybridized carbons (Fsp3) is 0.235. The summed E-state index contributed by atoms with van der Waals surface area (Å²) >= 11 is 0. The van der Waals surface area contributed by atoms with E-state index in [0.717, 1.165) is 24.7 Å². The molecule has 0 bridgehead atoms. The van der Waals surface area contributed by atoms with Crippen LogP contribution in [0.2, 0.25) is 0 Å². The molecule has 0 saturated carbocycles. The van der Waals surface area contributed by atoms with Gasteiger partial charge in [-0.05, 0) is 38.1 Å². The van der Waals surface area contributed by atoms with Gasteiger partial charge in [-0.15, -0.1) is 0 Å². The molecule has 0 aliphatic carbocycles. The summed E-state index contributed by atoms with van der Waals surface area (Å²) in [4.78, 5) is 23.0. The number of aliphatic hydroxyl groups excluding tert-OH is 1. The summed E-state index contributed by atoms with van der Waals surface area (Å²) in [6.45, 7) is 4.72. The van der Waals surface area contributed by atoms with E-state index in [9.17, 15) is 4.79 Å². The molecule has 1 saturated heterocycles. The molecule has 0 amide bonds. The number of hydrogen-bond donors (Lipinski definition) is 1. The van der Waals surface area contributed by atoms with Crippen molar-refractivity contribution in [1.82, 2.24) is 9.97 Å². The van der Waals surface area contributed by atoms with Crippen LogP contribution in [0, 0.1) is 0 Å². The van der Waals surface area contributed by atoms with E-state index < -0.39 is 0 Å². The Bertz CT molecular complexity index is 636. The summed E-state index contributed by atoms with van der Waals surface area (Å²) in [6.07, 6.45) is 4.79. The number of nitrogens with zero attached hydrogens (tertiary/aromatic N) is 4. The molecule has 2 aromatic rings. The van der Waals surface area contributed by atoms with E-state index in [1.54, 1.807) is 0 Å². The van der Waals surface area contributed by atoms with Crippen LogP contribution in [0.25, 0.3) is 0 Å². The predicted molar refractivity (Wildman–Crippen MR) is 96.0 cm³/mol. The maximum Gasteiger partial charge on any atom is 0.394 e. The number of pyridine rings is 2. The Labute approximate surface area is 163 Å². The molecule has 2 aromatic heterocycles. The van der Waals surface area contributed by atoms with Crippen molar-refractivity contribution >= 4 is 25.0 Å². The van der Waals surface area contributed by atoms with E-state index >= 15 is 0 Å². The monoisotopic (exact) mass is 518 g/mol. The maximum atomic E-state index is 10.0. The van der Waals surface area contributed by atoms with Gasteiger partial charge in [0, 0.05) is 52.6 Å². The second-order valence-corrected chi connectivity index (χ2v) is 5.27. The number of carbonyl (C=O) groups excluding carboxylic acids is 1. The summed E-state index contributed by atoms with van der Waals surface area (Å²) in [6, 6.07) is 11.9. The van der Waals surface area contributed by atoms with Crippen LogP contribution in [-0.2, 0) is 25.9 Å². The van der Waals surface area contributed by atoms with Crippen molar-refractivity contribution in [2.24, 2.45) is 0 Å². The second-order valence-electron chi connectivity index (χ2n) is 5.27. The van der Waals surface area contributed by atoms with Crippen molar-refractivity contribution in [3.05, 3.63) is 60.6 Å². The molecule has 1 N–H and O–H groups in total. The van der Waals surface area contributed by atoms with Gasteiger partial charge < -0.3 is 14.7 Å². The third-order valence-electron chi connectivity index (χ3n) is 3.16. The van der Waals surface area contributed by atoms with Crippen LogP contribution in [0.1, 0.15) is 13.8 Å². The second kappa shape index (κ2) is 10.7. The van der Waals surface area contributed by atoms with E-state index in [-0.39, 0.29) is 32.6 Å². The van der Waals surface area contributed by atoms with Crippen molar-refractivity contribution in [2.75, 3.05) is 22.7 Å². The standard InChI is InChI=1S/C12H12BN4.C5H8O2.Pt/c1-3-7-14-11(5-1)16-9-10-17(13-16)12-6-2-4-8-15-12;1-4(6)3-5(2)7;/h1-8H,9-10H2;3,6H,1-2H3;. The molecule has 8 heteroatoms. The van der Waals surface area contributed by atoms with Crippen LogP contribution >= 0.6 is 0 Å². The average molecular weight is 518 g/mol. The van der Waals surface area contributed by atoms with E-state index in [0.29, 0.717) is 0 Å². The summed E-state index contributed by atoms with van der Waals surface area (Å²) in [7, 11) is 2.06. The van der Waals surface area contributed by atoms with E-state index in [1.165, 1.54) is 19.9 Å². The van der Waals surface area contributed by atoms with Gasteiger partial charge in [-0.1, -0.05) is 12.1 Å². The van der Waals surface area contributed by atoms with Gasteiger partial charge in [-0.2, -0.15) is 0 Å². The number of aliphatic hydroxyl groups is 1. The summed E-state index contributed by atoms with van der Waals surface area (Å²) in [5.74, 6) is 1.89. The summed E-state index contributed by atoms with van der Waals surface area (Å²) < 4.78 is 0. The van der Waals surface area contributed by atoms with Gasteiger partial charge in [0.25, 0.3) is 0 Å². The molecule has 1 radical (unpaired) electrons. The van der Waals surface area contributed by atoms with Crippen molar-refractivity contribution in [1.29, 1.82) is 0 Å². The van der Waals surface area contributed by atoms with Crippen LogP contribution in [0.4, 0.5) is 11.6 Å². The van der Waals surface area contributed by atoms with Gasteiger partial charge in [0.1, 0.15) is 11.6 Å². The fourth-order valence-electron chi connectivity index (χ4n) is 2.19. The molecular weight excluding hydrogens is 498 g/mol. The van der Waals surface area contributed by atoms with Crippen LogP contribution in [0.5, 0.6) is 0 Å². The Kier molecular flexibility index (Phi) is 8.92. The zero-order chi connectivity index (χ0) is 17.4. The molecule has 6 nitrogen and oxygen atoms in total. The summed E-state index contributed by atoms with van der Waals surface area (Å²) in [5.41, 5.74) is 0. The minimum atomic E-state index is -0.125. The number of carbonyl (C=O) groups is 1. The van der Waals surface area contributed by atoms with Crippen LogP contribution in [0.15, 0.2) is 60.6 Å². The van der Waals surface area contributed by atoms with Crippen LogP contribution in [-0.4, -0.2) is 41.5 Å². The van der Waals surface area contributed by atoms with Crippen LogP contribution < -0.4 is 9.62 Å². The summed E-state index contributed by atoms with van der Waals surface area (Å²) in [5, 5.41) is 8.36. The zero-order valence-corrected chi connectivity index (χ0v) is 16.4. The van der Waals surface area contributed by atoms with Crippen molar-refractivity contribution < 1.29 is 31.0 Å². The van der Waals surface area contributed by atoms with Crippen molar-refractivity contribution in [3.8, 4) is 0 Å². The number of aromatic nitrogens is 2. The first-order valence-electron chi connectivity index (χ1n) is 7.64. The van der Waals surface area contributed by atoms with Crippen molar-refractivity contribution in [3.63, 3.8) is 0 Å². The van der Waals surface area contributed by atoms with Gasteiger partial charge in [0.05, 0.1) is 5.76 Å². The third-order valence-corrected chi connectivity index (χ3v) is 3.16. The Hall–Kier alpha value is -2.14. The molecule has 0 unspecified atom stereocenters. The molecule has 0 atom stereocenters. The molecule has 1 fully saturated rings. The average Bonchev–Trinajstić information content (AvgIpc) is 3.06. The van der Waals surface area contributed by atoms with Crippen LogP contribution in [0.3, 0.4) is 0 Å². The topological polar surface area (TPSA) is 69.6 Å². The molecule has 133 valence electrons. The minimum absolute atomic E-state index is 0. The smallest absolute Gasteiger partial charge is 0.394 e. The molecule has 25 heavy (non-hydrogen) atoms. The van der Waals surface area contributed by atoms with E-state index in [4.69, 9.17) is 5.11 Å². The molecule has 3 heterocycles. The normalized spacial score (nSPS) is 13.3. The zero-order valence-electron chi connectivity index (χ0n) is 14.1. The van der Waals surface area contributed by atoms with Gasteiger partial charge in [-0.25, -0.2) is 9.97 Å². The first-order chi connectivity index (χ1) is 11.6. The van der Waals surface area contributed by atoms with Gasteiger partial charge in [0.15, 0.2) is 5.78 Å². The minimum Gasteiger partial charge on any atom is -0.512 e. The molecule has 1 aliphatic rings. The van der Waals surface area contributed by atoms with Gasteiger partial charge in [0.2, 0.25) is 0 Å². The quantitative estimate of drug-likeness (QED) is 0.383. The Balaban J connectivity index is 0.000000339. The molecule has 0 aromatic carbocycles. The van der Waals surface area contributed by atoms with E-state index in [2.05, 4.69) is 27.1 Å². The SMILES string of the molecule is CC(=O)C=C(C)O.[B]1N(c2ccccn2)CCN1c1ccccn1.[Pt]. The number of hydrogen-bond acceptors (Lipinski definition) is 6. The Morgan fingerprint density at radius 2 is 1.52 bits per heavy atom. The van der Waals surface area contributed by atoms with Gasteiger partial charge >= 0.3 is 7.55 Å². The maximum absolute atomic E-state index is 10.0. The number of ketones is 1. The third kappa shape index (κ3) is 7.10. The molecular formula is C17H20BN4O2Pt. The van der Waals surface area contributed by atoms with E-state index in [1.807, 2.05) is 48.8 Å². The number of anilines is 2. The first-order valence-corrected chi connectivity index (χ1v) is 7.64. The first kappa shape index (κ1) is 20.9.